The Labute approximate surface area is 90.0 Å². The van der Waals surface area contributed by atoms with Gasteiger partial charge in [-0.05, 0) is 24.1 Å². The van der Waals surface area contributed by atoms with Crippen LogP contribution in [0.5, 0.6) is 0 Å². The Morgan fingerprint density at radius 1 is 1.27 bits per heavy atom. The van der Waals surface area contributed by atoms with Crippen molar-refractivity contribution in [2.75, 3.05) is 6.26 Å². The van der Waals surface area contributed by atoms with E-state index in [0.29, 0.717) is 11.3 Å². The van der Waals surface area contributed by atoms with Crippen LogP contribution in [-0.4, -0.2) is 21.0 Å². The number of hydrogen-bond donors (Lipinski definition) is 0. The molecular weight excluding hydrogens is 212 g/mol. The van der Waals surface area contributed by atoms with Crippen LogP contribution in [0.25, 0.3) is 0 Å². The summed E-state index contributed by atoms with van der Waals surface area (Å²) < 4.78 is 22.3. The van der Waals surface area contributed by atoms with Crippen molar-refractivity contribution in [3.8, 4) is 0 Å². The molecule has 4 heteroatoms. The molecule has 0 aliphatic carbocycles. The van der Waals surface area contributed by atoms with Gasteiger partial charge < -0.3 is 4.79 Å². The Bertz CT molecular complexity index is 431. The van der Waals surface area contributed by atoms with Gasteiger partial charge in [-0.1, -0.05) is 19.1 Å². The summed E-state index contributed by atoms with van der Waals surface area (Å²) in [5.74, 6) is -0.0333. The molecule has 82 valence electrons. The first-order valence-electron chi connectivity index (χ1n) is 4.68. The predicted molar refractivity (Wildman–Crippen MR) is 58.5 cm³/mol. The van der Waals surface area contributed by atoms with E-state index in [4.69, 9.17) is 0 Å². The van der Waals surface area contributed by atoms with Gasteiger partial charge in [-0.15, -0.1) is 0 Å². The van der Waals surface area contributed by atoms with Crippen LogP contribution in [-0.2, 0) is 21.1 Å². The summed E-state index contributed by atoms with van der Waals surface area (Å²) in [7, 11) is -3.12. The van der Waals surface area contributed by atoms with Crippen molar-refractivity contribution in [1.29, 1.82) is 0 Å². The van der Waals surface area contributed by atoms with Gasteiger partial charge in [-0.25, -0.2) is 8.42 Å². The van der Waals surface area contributed by atoms with Gasteiger partial charge in [0.15, 0.2) is 9.84 Å². The van der Waals surface area contributed by atoms with E-state index in [0.717, 1.165) is 11.8 Å². The SMILES string of the molecule is CC(C=O)Cc1ccc(S(C)(=O)=O)cc1. The third kappa shape index (κ3) is 3.47. The van der Waals surface area contributed by atoms with E-state index in [1.807, 2.05) is 6.92 Å². The van der Waals surface area contributed by atoms with Crippen LogP contribution in [0, 0.1) is 5.92 Å². The molecule has 0 heterocycles. The molecule has 0 aliphatic rings. The highest BCUT2D eigenvalue weighted by molar-refractivity contribution is 7.90. The van der Waals surface area contributed by atoms with Gasteiger partial charge in [-0.2, -0.15) is 0 Å². The van der Waals surface area contributed by atoms with Crippen molar-refractivity contribution >= 4 is 16.1 Å². The molecule has 0 saturated carbocycles. The van der Waals surface area contributed by atoms with Crippen molar-refractivity contribution in [3.63, 3.8) is 0 Å². The average molecular weight is 226 g/mol. The number of sulfone groups is 1. The van der Waals surface area contributed by atoms with Crippen molar-refractivity contribution in [3.05, 3.63) is 29.8 Å². The van der Waals surface area contributed by atoms with E-state index in [9.17, 15) is 13.2 Å². The summed E-state index contributed by atoms with van der Waals surface area (Å²) in [4.78, 5) is 10.7. The molecule has 3 nitrogen and oxygen atoms in total. The van der Waals surface area contributed by atoms with E-state index in [1.54, 1.807) is 24.3 Å². The van der Waals surface area contributed by atoms with E-state index in [2.05, 4.69) is 0 Å². The third-order valence-electron chi connectivity index (χ3n) is 2.14. The zero-order valence-corrected chi connectivity index (χ0v) is 9.62. The van der Waals surface area contributed by atoms with Crippen LogP contribution in [0.15, 0.2) is 29.2 Å². The first kappa shape index (κ1) is 11.9. The van der Waals surface area contributed by atoms with E-state index < -0.39 is 9.84 Å². The number of benzene rings is 1. The fourth-order valence-electron chi connectivity index (χ4n) is 1.29. The fourth-order valence-corrected chi connectivity index (χ4v) is 1.92. The molecule has 0 spiro atoms. The van der Waals surface area contributed by atoms with Crippen molar-refractivity contribution in [1.82, 2.24) is 0 Å². The molecule has 0 fully saturated rings. The summed E-state index contributed by atoms with van der Waals surface area (Å²) in [6.45, 7) is 1.83. The van der Waals surface area contributed by atoms with Crippen LogP contribution in [0.1, 0.15) is 12.5 Å². The normalized spacial score (nSPS) is 13.5. The summed E-state index contributed by atoms with van der Waals surface area (Å²) in [6, 6.07) is 6.64. The minimum absolute atomic E-state index is 0.0333. The number of hydrogen-bond acceptors (Lipinski definition) is 3. The Hall–Kier alpha value is -1.16. The second kappa shape index (κ2) is 4.57. The smallest absolute Gasteiger partial charge is 0.175 e. The maximum absolute atomic E-state index is 11.2. The van der Waals surface area contributed by atoms with E-state index >= 15 is 0 Å². The fraction of sp³-hybridized carbons (Fsp3) is 0.364. The maximum atomic E-state index is 11.2. The highest BCUT2D eigenvalue weighted by atomic mass is 32.2. The summed E-state index contributed by atoms with van der Waals surface area (Å²) in [6.07, 6.45) is 2.72. The molecule has 1 rings (SSSR count). The molecule has 15 heavy (non-hydrogen) atoms. The van der Waals surface area contributed by atoms with E-state index in [-0.39, 0.29) is 5.92 Å². The zero-order chi connectivity index (χ0) is 11.5. The molecule has 1 aromatic carbocycles. The molecule has 1 unspecified atom stereocenters. The quantitative estimate of drug-likeness (QED) is 0.730. The Balaban J connectivity index is 2.86. The van der Waals surface area contributed by atoms with Gasteiger partial charge in [0, 0.05) is 12.2 Å². The highest BCUT2D eigenvalue weighted by Gasteiger charge is 2.07. The summed E-state index contributed by atoms with van der Waals surface area (Å²) in [5, 5.41) is 0. The maximum Gasteiger partial charge on any atom is 0.175 e. The lowest BCUT2D eigenvalue weighted by atomic mass is 10.0. The average Bonchev–Trinajstić information content (AvgIpc) is 2.17. The standard InChI is InChI=1S/C11H14O3S/c1-9(8-12)7-10-3-5-11(6-4-10)15(2,13)14/h3-6,8-9H,7H2,1-2H3. The van der Waals surface area contributed by atoms with Gasteiger partial charge in [0.1, 0.15) is 6.29 Å². The first-order chi connectivity index (χ1) is 6.93. The molecule has 0 bridgehead atoms. The molecule has 0 aliphatic heterocycles. The van der Waals surface area contributed by atoms with Gasteiger partial charge in [0.2, 0.25) is 0 Å². The van der Waals surface area contributed by atoms with Crippen molar-refractivity contribution < 1.29 is 13.2 Å². The Morgan fingerprint density at radius 2 is 1.80 bits per heavy atom. The van der Waals surface area contributed by atoms with Gasteiger partial charge >= 0.3 is 0 Å². The van der Waals surface area contributed by atoms with Gasteiger partial charge in [-0.3, -0.25) is 0 Å². The second-order valence-electron chi connectivity index (χ2n) is 3.73. The largest absolute Gasteiger partial charge is 0.303 e. The molecule has 0 saturated heterocycles. The lowest BCUT2D eigenvalue weighted by molar-refractivity contribution is -0.110. The highest BCUT2D eigenvalue weighted by Crippen LogP contribution is 2.12. The number of carbonyl (C=O) groups excluding carboxylic acids is 1. The van der Waals surface area contributed by atoms with E-state index in [1.165, 1.54) is 6.26 Å². The lowest BCUT2D eigenvalue weighted by Gasteiger charge is -2.04. The second-order valence-corrected chi connectivity index (χ2v) is 5.75. The molecule has 1 atom stereocenters. The Morgan fingerprint density at radius 3 is 2.20 bits per heavy atom. The number of aldehydes is 1. The lowest BCUT2D eigenvalue weighted by Crippen LogP contribution is -2.01. The van der Waals surface area contributed by atoms with Crippen LogP contribution in [0.2, 0.25) is 0 Å². The van der Waals surface area contributed by atoms with Crippen molar-refractivity contribution in [2.45, 2.75) is 18.2 Å². The van der Waals surface area contributed by atoms with Crippen LogP contribution in [0.3, 0.4) is 0 Å². The zero-order valence-electron chi connectivity index (χ0n) is 8.80. The summed E-state index contributed by atoms with van der Waals surface area (Å²) >= 11 is 0. The van der Waals surface area contributed by atoms with Gasteiger partial charge in [0.05, 0.1) is 4.90 Å². The molecule has 0 aromatic heterocycles. The number of rotatable bonds is 4. The van der Waals surface area contributed by atoms with Crippen LogP contribution < -0.4 is 0 Å². The topological polar surface area (TPSA) is 51.2 Å². The van der Waals surface area contributed by atoms with Crippen LogP contribution >= 0.6 is 0 Å². The summed E-state index contributed by atoms with van der Waals surface area (Å²) in [5.41, 5.74) is 0.974. The monoisotopic (exact) mass is 226 g/mol. The minimum atomic E-state index is -3.12. The first-order valence-corrected chi connectivity index (χ1v) is 6.57. The molecule has 0 amide bonds. The molecular formula is C11H14O3S. The van der Waals surface area contributed by atoms with Gasteiger partial charge in [0.25, 0.3) is 0 Å². The minimum Gasteiger partial charge on any atom is -0.303 e. The molecule has 0 N–H and O–H groups in total. The molecule has 1 aromatic rings. The molecule has 0 radical (unpaired) electrons. The number of carbonyl (C=O) groups is 1. The third-order valence-corrected chi connectivity index (χ3v) is 3.27. The Kier molecular flexibility index (Phi) is 3.63. The van der Waals surface area contributed by atoms with Crippen LogP contribution in [0.4, 0.5) is 0 Å². The predicted octanol–water partition coefficient (Wildman–Crippen LogP) is 1.47. The van der Waals surface area contributed by atoms with Crippen molar-refractivity contribution in [2.24, 2.45) is 5.92 Å².